The van der Waals surface area contributed by atoms with Crippen molar-refractivity contribution in [3.8, 4) is 0 Å². The monoisotopic (exact) mass is 307 g/mol. The smallest absolute Gasteiger partial charge is 0.177 e. The molecule has 2 saturated heterocycles. The van der Waals surface area contributed by atoms with Crippen LogP contribution in [0.3, 0.4) is 0 Å². The van der Waals surface area contributed by atoms with Crippen molar-refractivity contribution >= 4 is 15.7 Å². The predicted molar refractivity (Wildman–Crippen MR) is 84.3 cm³/mol. The van der Waals surface area contributed by atoms with Crippen LogP contribution in [0, 0.1) is 0 Å². The van der Waals surface area contributed by atoms with Crippen LogP contribution in [0.5, 0.6) is 0 Å². The van der Waals surface area contributed by atoms with E-state index >= 15 is 0 Å². The van der Waals surface area contributed by atoms with E-state index < -0.39 is 0 Å². The lowest BCUT2D eigenvalue weighted by Gasteiger charge is -2.17. The van der Waals surface area contributed by atoms with E-state index in [1.807, 2.05) is 14.0 Å². The average Bonchev–Trinajstić information content (AvgIpc) is 3.17. The number of nitrogens with zero attached hydrogens (tertiary/aromatic N) is 3. The standard InChI is InChI=1S/C13H23B2N3O4/c1-19-6-10-7(3-11(14)21-10)8-5-18(17-16-8)13-9(20-2)4-12(15)22-13/h5,7,9-13H,3-4,6,14-15H2,1-2H3/t7?,9?,10-,11-,12-,13+/m1/s1. The van der Waals surface area contributed by atoms with Crippen LogP contribution in [0.15, 0.2) is 6.20 Å². The van der Waals surface area contributed by atoms with Crippen LogP contribution in [0.4, 0.5) is 0 Å². The van der Waals surface area contributed by atoms with Gasteiger partial charge in [0.05, 0.1) is 24.6 Å². The quantitative estimate of drug-likeness (QED) is 0.627. The van der Waals surface area contributed by atoms with Gasteiger partial charge in [-0.1, -0.05) is 5.21 Å². The first-order chi connectivity index (χ1) is 10.6. The van der Waals surface area contributed by atoms with Gasteiger partial charge in [-0.3, -0.25) is 0 Å². The molecule has 7 nitrogen and oxygen atoms in total. The Labute approximate surface area is 132 Å². The summed E-state index contributed by atoms with van der Waals surface area (Å²) in [6, 6.07) is 0.378. The van der Waals surface area contributed by atoms with Gasteiger partial charge in [0.2, 0.25) is 0 Å². The fourth-order valence-electron chi connectivity index (χ4n) is 3.44. The second kappa shape index (κ2) is 6.70. The minimum Gasteiger partial charge on any atom is -0.382 e. The Morgan fingerprint density at radius 1 is 1.27 bits per heavy atom. The summed E-state index contributed by atoms with van der Waals surface area (Å²) in [6.07, 6.45) is 3.60. The van der Waals surface area contributed by atoms with Crippen molar-refractivity contribution in [1.29, 1.82) is 0 Å². The molecular weight excluding hydrogens is 284 g/mol. The summed E-state index contributed by atoms with van der Waals surface area (Å²) < 4.78 is 24.3. The molecule has 6 atom stereocenters. The average molecular weight is 307 g/mol. The van der Waals surface area contributed by atoms with E-state index in [0.717, 1.165) is 18.5 Å². The van der Waals surface area contributed by atoms with Crippen molar-refractivity contribution in [1.82, 2.24) is 15.0 Å². The van der Waals surface area contributed by atoms with Crippen molar-refractivity contribution in [2.75, 3.05) is 20.8 Å². The molecule has 0 amide bonds. The SMILES string of the molecule is B[C@H]1CC(c2cn([C@H]3O[C@@H](B)CC3OC)nn2)[C@@H](COC)O1. The van der Waals surface area contributed by atoms with Crippen LogP contribution < -0.4 is 0 Å². The lowest BCUT2D eigenvalue weighted by atomic mass is 9.89. The highest BCUT2D eigenvalue weighted by molar-refractivity contribution is 6.11. The first-order valence-corrected chi connectivity index (χ1v) is 7.86. The van der Waals surface area contributed by atoms with Gasteiger partial charge >= 0.3 is 0 Å². The minimum absolute atomic E-state index is 0.0121. The molecule has 0 aromatic carbocycles. The molecule has 0 radical (unpaired) electrons. The molecule has 2 aliphatic heterocycles. The number of hydrogen-bond donors (Lipinski definition) is 0. The number of rotatable bonds is 5. The van der Waals surface area contributed by atoms with Crippen LogP contribution in [-0.4, -0.2) is 75.7 Å². The third kappa shape index (κ3) is 3.08. The first kappa shape index (κ1) is 16.0. The van der Waals surface area contributed by atoms with Gasteiger partial charge in [0.15, 0.2) is 6.23 Å². The molecule has 0 aliphatic carbocycles. The van der Waals surface area contributed by atoms with Gasteiger partial charge in [0, 0.05) is 32.1 Å². The van der Waals surface area contributed by atoms with E-state index in [1.165, 1.54) is 0 Å². The van der Waals surface area contributed by atoms with Gasteiger partial charge in [-0.25, -0.2) is 4.68 Å². The molecule has 1 aromatic heterocycles. The van der Waals surface area contributed by atoms with Gasteiger partial charge < -0.3 is 18.9 Å². The topological polar surface area (TPSA) is 67.6 Å². The number of methoxy groups -OCH3 is 2. The summed E-state index contributed by atoms with van der Waals surface area (Å²) in [7, 11) is 7.52. The summed E-state index contributed by atoms with van der Waals surface area (Å²) >= 11 is 0. The lowest BCUT2D eigenvalue weighted by molar-refractivity contribution is -0.0430. The first-order valence-electron chi connectivity index (χ1n) is 7.86. The van der Waals surface area contributed by atoms with Gasteiger partial charge in [0.1, 0.15) is 21.8 Å². The Morgan fingerprint density at radius 2 is 2.05 bits per heavy atom. The zero-order valence-corrected chi connectivity index (χ0v) is 13.6. The fraction of sp³-hybridized carbons (Fsp3) is 0.846. The minimum atomic E-state index is -0.207. The van der Waals surface area contributed by atoms with E-state index in [1.54, 1.807) is 18.9 Å². The molecule has 0 bridgehead atoms. The molecule has 3 rings (SSSR count). The Morgan fingerprint density at radius 3 is 2.77 bits per heavy atom. The molecule has 2 fully saturated rings. The molecular formula is C13H23B2N3O4. The maximum atomic E-state index is 5.90. The van der Waals surface area contributed by atoms with Crippen molar-refractivity contribution in [2.45, 2.75) is 49.2 Å². The number of ether oxygens (including phenoxy) is 4. The van der Waals surface area contributed by atoms with Gasteiger partial charge in [-0.15, -0.1) is 5.10 Å². The van der Waals surface area contributed by atoms with E-state index in [9.17, 15) is 0 Å². The molecule has 2 aliphatic rings. The van der Waals surface area contributed by atoms with Crippen molar-refractivity contribution in [2.24, 2.45) is 0 Å². The van der Waals surface area contributed by atoms with Crippen molar-refractivity contribution in [3.05, 3.63) is 11.9 Å². The zero-order valence-electron chi connectivity index (χ0n) is 13.6. The molecule has 120 valence electrons. The summed E-state index contributed by atoms with van der Waals surface area (Å²) in [5, 5.41) is 8.61. The van der Waals surface area contributed by atoms with E-state index in [0.29, 0.717) is 6.61 Å². The van der Waals surface area contributed by atoms with E-state index in [4.69, 9.17) is 18.9 Å². The van der Waals surface area contributed by atoms with Crippen LogP contribution >= 0.6 is 0 Å². The highest BCUT2D eigenvalue weighted by Gasteiger charge is 2.38. The summed E-state index contributed by atoms with van der Waals surface area (Å²) in [5.74, 6) is 0.212. The third-order valence-electron chi connectivity index (χ3n) is 4.50. The summed E-state index contributed by atoms with van der Waals surface area (Å²) in [6.45, 7) is 0.569. The van der Waals surface area contributed by atoms with E-state index in [-0.39, 0.29) is 36.4 Å². The van der Waals surface area contributed by atoms with Crippen LogP contribution in [0.1, 0.15) is 30.7 Å². The Balaban J connectivity index is 1.75. The molecule has 1 aromatic rings. The van der Waals surface area contributed by atoms with Gasteiger partial charge in [-0.2, -0.15) is 0 Å². The lowest BCUT2D eigenvalue weighted by Crippen LogP contribution is -2.22. The van der Waals surface area contributed by atoms with Crippen LogP contribution in [-0.2, 0) is 18.9 Å². The van der Waals surface area contributed by atoms with Crippen LogP contribution in [0.25, 0.3) is 0 Å². The molecule has 2 unspecified atom stereocenters. The normalized spacial score (nSPS) is 38.6. The molecule has 22 heavy (non-hydrogen) atoms. The second-order valence-corrected chi connectivity index (χ2v) is 6.25. The molecule has 0 spiro atoms. The Kier molecular flexibility index (Phi) is 4.87. The summed E-state index contributed by atoms with van der Waals surface area (Å²) in [4.78, 5) is 0. The molecule has 3 heterocycles. The highest BCUT2D eigenvalue weighted by Crippen LogP contribution is 2.35. The number of aromatic nitrogens is 3. The third-order valence-corrected chi connectivity index (χ3v) is 4.50. The fourth-order valence-corrected chi connectivity index (χ4v) is 3.44. The predicted octanol–water partition coefficient (Wildman–Crippen LogP) is -1.35. The van der Waals surface area contributed by atoms with Gasteiger partial charge in [-0.05, 0) is 12.8 Å². The summed E-state index contributed by atoms with van der Waals surface area (Å²) in [5.41, 5.74) is 0.935. The highest BCUT2D eigenvalue weighted by atomic mass is 16.6. The maximum absolute atomic E-state index is 5.90. The largest absolute Gasteiger partial charge is 0.382 e. The zero-order chi connectivity index (χ0) is 15.7. The number of hydrogen-bond acceptors (Lipinski definition) is 6. The Hall–Kier alpha value is -0.890. The Bertz CT molecular complexity index is 503. The van der Waals surface area contributed by atoms with E-state index in [2.05, 4.69) is 18.2 Å². The second-order valence-electron chi connectivity index (χ2n) is 6.25. The maximum Gasteiger partial charge on any atom is 0.177 e. The molecule has 0 N–H and O–H groups in total. The van der Waals surface area contributed by atoms with Crippen molar-refractivity contribution in [3.63, 3.8) is 0 Å². The van der Waals surface area contributed by atoms with Crippen LogP contribution in [0.2, 0.25) is 0 Å². The van der Waals surface area contributed by atoms with Crippen molar-refractivity contribution < 1.29 is 18.9 Å². The molecule has 0 saturated carbocycles. The molecule has 9 heteroatoms. The van der Waals surface area contributed by atoms with Gasteiger partial charge in [0.25, 0.3) is 0 Å².